The van der Waals surface area contributed by atoms with Crippen molar-refractivity contribution in [3.8, 4) is 5.88 Å². The van der Waals surface area contributed by atoms with E-state index < -0.39 is 0 Å². The standard InChI is InChI=1S/C23H33N3O3/c1-14(27)20(28-4)12-16-6-5-15-11-19-22(21(15)16)23(25-13-24-19)29-18-9-7-17(8-10-18)26(2)3/h13,16-18,20H,5-12H2,1-4H3/t16-,17?,18?,20-/m1/s1. The van der Waals surface area contributed by atoms with E-state index in [2.05, 4.69) is 29.0 Å². The topological polar surface area (TPSA) is 64.6 Å². The van der Waals surface area contributed by atoms with Crippen LogP contribution in [0.15, 0.2) is 11.9 Å². The first kappa shape index (κ1) is 20.5. The summed E-state index contributed by atoms with van der Waals surface area (Å²) in [4.78, 5) is 23.3. The summed E-state index contributed by atoms with van der Waals surface area (Å²) in [5.41, 5.74) is 4.98. The number of ketones is 1. The fraction of sp³-hybridized carbons (Fsp3) is 0.696. The lowest BCUT2D eigenvalue weighted by Crippen LogP contribution is -2.35. The normalized spacial score (nSPS) is 27.1. The van der Waals surface area contributed by atoms with Crippen LogP contribution in [0.1, 0.15) is 63.1 Å². The third-order valence-corrected chi connectivity index (χ3v) is 7.01. The van der Waals surface area contributed by atoms with Crippen LogP contribution < -0.4 is 4.74 Å². The quantitative estimate of drug-likeness (QED) is 0.700. The van der Waals surface area contributed by atoms with Crippen LogP contribution in [0, 0.1) is 5.92 Å². The van der Waals surface area contributed by atoms with Crippen LogP contribution in [0.25, 0.3) is 5.57 Å². The molecule has 3 aliphatic rings. The second-order valence-electron chi connectivity index (χ2n) is 9.01. The molecule has 29 heavy (non-hydrogen) atoms. The van der Waals surface area contributed by atoms with Gasteiger partial charge >= 0.3 is 0 Å². The van der Waals surface area contributed by atoms with E-state index in [0.717, 1.165) is 68.5 Å². The van der Waals surface area contributed by atoms with Gasteiger partial charge in [-0.3, -0.25) is 4.79 Å². The maximum atomic E-state index is 11.9. The first-order valence-corrected chi connectivity index (χ1v) is 10.9. The summed E-state index contributed by atoms with van der Waals surface area (Å²) >= 11 is 0. The van der Waals surface area contributed by atoms with Gasteiger partial charge in [-0.15, -0.1) is 0 Å². The number of nitrogens with zero attached hydrogens (tertiary/aromatic N) is 3. The Hall–Kier alpha value is -1.79. The van der Waals surface area contributed by atoms with Crippen LogP contribution in [-0.4, -0.2) is 60.1 Å². The molecule has 6 nitrogen and oxygen atoms in total. The van der Waals surface area contributed by atoms with Gasteiger partial charge in [0.25, 0.3) is 0 Å². The van der Waals surface area contributed by atoms with Gasteiger partial charge in [0.15, 0.2) is 5.78 Å². The van der Waals surface area contributed by atoms with Gasteiger partial charge in [-0.1, -0.05) is 5.57 Å². The summed E-state index contributed by atoms with van der Waals surface area (Å²) in [5.74, 6) is 1.16. The second-order valence-corrected chi connectivity index (χ2v) is 9.01. The summed E-state index contributed by atoms with van der Waals surface area (Å²) in [5, 5.41) is 0. The minimum absolute atomic E-state index is 0.0956. The van der Waals surface area contributed by atoms with E-state index in [9.17, 15) is 4.79 Å². The van der Waals surface area contributed by atoms with Crippen LogP contribution >= 0.6 is 0 Å². The summed E-state index contributed by atoms with van der Waals surface area (Å²) in [6.07, 6.45) is 9.73. The Morgan fingerprint density at radius 1 is 1.21 bits per heavy atom. The molecule has 1 fully saturated rings. The first-order valence-electron chi connectivity index (χ1n) is 10.9. The molecule has 1 saturated carbocycles. The third kappa shape index (κ3) is 4.10. The number of carbonyl (C=O) groups is 1. The predicted octanol–water partition coefficient (Wildman–Crippen LogP) is 3.44. The Labute approximate surface area is 173 Å². The highest BCUT2D eigenvalue weighted by molar-refractivity contribution is 5.83. The van der Waals surface area contributed by atoms with Crippen LogP contribution in [0.3, 0.4) is 0 Å². The largest absolute Gasteiger partial charge is 0.474 e. The molecule has 2 atom stereocenters. The van der Waals surface area contributed by atoms with E-state index >= 15 is 0 Å². The number of methoxy groups -OCH3 is 1. The van der Waals surface area contributed by atoms with Crippen LogP contribution in [0.2, 0.25) is 0 Å². The van der Waals surface area contributed by atoms with Crippen LogP contribution in [-0.2, 0) is 16.0 Å². The number of allylic oxidation sites excluding steroid dienone is 2. The average Bonchev–Trinajstić information content (AvgIpc) is 3.26. The molecule has 1 aromatic heterocycles. The predicted molar refractivity (Wildman–Crippen MR) is 112 cm³/mol. The molecule has 4 rings (SSSR count). The minimum Gasteiger partial charge on any atom is -0.474 e. The Balaban J connectivity index is 1.52. The lowest BCUT2D eigenvalue weighted by Gasteiger charge is -2.33. The van der Waals surface area contributed by atoms with E-state index in [1.165, 1.54) is 11.1 Å². The maximum absolute atomic E-state index is 11.9. The number of aromatic nitrogens is 2. The van der Waals surface area contributed by atoms with Crippen molar-refractivity contribution in [2.24, 2.45) is 5.92 Å². The van der Waals surface area contributed by atoms with Gasteiger partial charge in [-0.05, 0) is 77.5 Å². The molecule has 0 aliphatic heterocycles. The van der Waals surface area contributed by atoms with Crippen LogP contribution in [0.5, 0.6) is 5.88 Å². The molecule has 0 saturated heterocycles. The summed E-state index contributed by atoms with van der Waals surface area (Å²) < 4.78 is 11.9. The molecule has 0 unspecified atom stereocenters. The summed E-state index contributed by atoms with van der Waals surface area (Å²) in [7, 11) is 5.94. The fourth-order valence-electron chi connectivity index (χ4n) is 5.34. The second kappa shape index (κ2) is 8.52. The van der Waals surface area contributed by atoms with Crippen molar-refractivity contribution in [3.05, 3.63) is 23.2 Å². The minimum atomic E-state index is -0.341. The third-order valence-electron chi connectivity index (χ3n) is 7.01. The molecule has 1 aromatic rings. The number of Topliss-reactive ketones (excluding diaryl/α,β-unsaturated/α-hetero) is 1. The van der Waals surface area contributed by atoms with Gasteiger partial charge < -0.3 is 14.4 Å². The number of rotatable bonds is 7. The molecular formula is C23H33N3O3. The first-order chi connectivity index (χ1) is 14.0. The molecule has 158 valence electrons. The van der Waals surface area contributed by atoms with E-state index in [1.807, 2.05) is 0 Å². The Morgan fingerprint density at radius 3 is 2.62 bits per heavy atom. The Kier molecular flexibility index (Phi) is 6.02. The number of carbonyl (C=O) groups excluding carboxylic acids is 1. The molecule has 0 bridgehead atoms. The van der Waals surface area contributed by atoms with Crippen molar-refractivity contribution in [1.29, 1.82) is 0 Å². The molecule has 0 spiro atoms. The van der Waals surface area contributed by atoms with Gasteiger partial charge in [0.1, 0.15) is 18.5 Å². The number of ether oxygens (including phenoxy) is 2. The van der Waals surface area contributed by atoms with E-state index in [1.54, 1.807) is 20.4 Å². The van der Waals surface area contributed by atoms with Crippen LogP contribution in [0.4, 0.5) is 0 Å². The zero-order chi connectivity index (χ0) is 20.5. The summed E-state index contributed by atoms with van der Waals surface area (Å²) in [6.45, 7) is 1.61. The highest BCUT2D eigenvalue weighted by atomic mass is 16.5. The van der Waals surface area contributed by atoms with E-state index in [-0.39, 0.29) is 18.0 Å². The highest BCUT2D eigenvalue weighted by Gasteiger charge is 2.38. The van der Waals surface area contributed by atoms with Crippen molar-refractivity contribution >= 4 is 11.4 Å². The van der Waals surface area contributed by atoms with Gasteiger partial charge in [-0.25, -0.2) is 9.97 Å². The maximum Gasteiger partial charge on any atom is 0.224 e. The van der Waals surface area contributed by atoms with E-state index in [4.69, 9.17) is 9.47 Å². The average molecular weight is 400 g/mol. The van der Waals surface area contributed by atoms with Crippen molar-refractivity contribution < 1.29 is 14.3 Å². The van der Waals surface area contributed by atoms with Gasteiger partial charge in [0.2, 0.25) is 5.88 Å². The Bertz CT molecular complexity index is 797. The smallest absolute Gasteiger partial charge is 0.224 e. The SMILES string of the molecule is CO[C@H](C[C@H]1CCC2=C1c1c(ncnc1OC1CCC(N(C)C)CC1)C2)C(C)=O. The summed E-state index contributed by atoms with van der Waals surface area (Å²) in [6, 6.07) is 0.650. The molecule has 0 amide bonds. The van der Waals surface area contributed by atoms with Gasteiger partial charge in [0, 0.05) is 19.6 Å². The van der Waals surface area contributed by atoms with Crippen molar-refractivity contribution in [3.63, 3.8) is 0 Å². The number of hydrogen-bond acceptors (Lipinski definition) is 6. The number of fused-ring (bicyclic) bond motifs is 2. The monoisotopic (exact) mass is 399 g/mol. The molecular weight excluding hydrogens is 366 g/mol. The highest BCUT2D eigenvalue weighted by Crippen LogP contribution is 2.50. The lowest BCUT2D eigenvalue weighted by atomic mass is 9.89. The number of hydrogen-bond donors (Lipinski definition) is 0. The zero-order valence-electron chi connectivity index (χ0n) is 18.1. The van der Waals surface area contributed by atoms with Crippen molar-refractivity contribution in [2.45, 2.75) is 76.5 Å². The zero-order valence-corrected chi connectivity index (χ0v) is 18.1. The van der Waals surface area contributed by atoms with Gasteiger partial charge in [-0.2, -0.15) is 0 Å². The van der Waals surface area contributed by atoms with Crippen molar-refractivity contribution in [2.75, 3.05) is 21.2 Å². The molecule has 6 heteroatoms. The van der Waals surface area contributed by atoms with Crippen molar-refractivity contribution in [1.82, 2.24) is 14.9 Å². The molecule has 0 N–H and O–H groups in total. The Morgan fingerprint density at radius 2 is 1.97 bits per heavy atom. The lowest BCUT2D eigenvalue weighted by molar-refractivity contribution is -0.127. The molecule has 3 aliphatic carbocycles. The fourth-order valence-corrected chi connectivity index (χ4v) is 5.34. The molecule has 0 radical (unpaired) electrons. The van der Waals surface area contributed by atoms with Gasteiger partial charge in [0.05, 0.1) is 11.3 Å². The molecule has 0 aromatic carbocycles. The van der Waals surface area contributed by atoms with E-state index in [0.29, 0.717) is 12.0 Å². The molecule has 1 heterocycles.